The molecule has 0 saturated carbocycles. The Morgan fingerprint density at radius 2 is 1.74 bits per heavy atom. The van der Waals surface area contributed by atoms with Gasteiger partial charge in [-0.2, -0.15) is 4.31 Å². The molecule has 9 heteroatoms. The fraction of sp³-hybridized carbons (Fsp3) is 0.364. The molecule has 3 aromatic rings. The van der Waals surface area contributed by atoms with E-state index in [9.17, 15) is 13.2 Å². The zero-order chi connectivity index (χ0) is 22.8. The van der Waals surface area contributed by atoms with Crippen LogP contribution in [0.2, 0.25) is 0 Å². The summed E-state index contributed by atoms with van der Waals surface area (Å²) >= 11 is 4.63. The molecule has 0 atom stereocenters. The maximum atomic E-state index is 13.3. The first-order chi connectivity index (χ1) is 14.6. The Balaban J connectivity index is 1.89. The lowest BCUT2D eigenvalue weighted by atomic mass is 10.2. The van der Waals surface area contributed by atoms with Crippen LogP contribution in [-0.4, -0.2) is 36.7 Å². The SMILES string of the molecule is CC(C)CN(CC(C)C)S(=O)(=O)c1ccc2nc(NC(=O)c3ccccc3Br)sc2c1. The summed E-state index contributed by atoms with van der Waals surface area (Å²) in [5, 5.41) is 3.22. The smallest absolute Gasteiger partial charge is 0.258 e. The average Bonchev–Trinajstić information content (AvgIpc) is 3.08. The Labute approximate surface area is 195 Å². The van der Waals surface area contributed by atoms with Crippen molar-refractivity contribution in [2.24, 2.45) is 11.8 Å². The van der Waals surface area contributed by atoms with E-state index in [0.29, 0.717) is 38.5 Å². The van der Waals surface area contributed by atoms with E-state index in [-0.39, 0.29) is 22.6 Å². The van der Waals surface area contributed by atoms with Crippen LogP contribution in [0.15, 0.2) is 51.8 Å². The lowest BCUT2D eigenvalue weighted by Crippen LogP contribution is -2.37. The molecule has 0 radical (unpaired) electrons. The molecule has 3 rings (SSSR count). The highest BCUT2D eigenvalue weighted by Gasteiger charge is 2.26. The van der Waals surface area contributed by atoms with Gasteiger partial charge in [0.2, 0.25) is 10.0 Å². The van der Waals surface area contributed by atoms with Crippen molar-refractivity contribution in [2.45, 2.75) is 32.6 Å². The Morgan fingerprint density at radius 1 is 1.10 bits per heavy atom. The van der Waals surface area contributed by atoms with Crippen molar-refractivity contribution >= 4 is 58.5 Å². The third-order valence-electron chi connectivity index (χ3n) is 4.47. The van der Waals surface area contributed by atoms with Gasteiger partial charge in [0.1, 0.15) is 0 Å². The Bertz CT molecular complexity index is 1180. The zero-order valence-electron chi connectivity index (χ0n) is 17.9. The van der Waals surface area contributed by atoms with Gasteiger partial charge in [-0.05, 0) is 58.1 Å². The highest BCUT2D eigenvalue weighted by atomic mass is 79.9. The predicted molar refractivity (Wildman–Crippen MR) is 130 cm³/mol. The summed E-state index contributed by atoms with van der Waals surface area (Å²) in [5.74, 6) is 0.166. The summed E-state index contributed by atoms with van der Waals surface area (Å²) in [6.07, 6.45) is 0. The third kappa shape index (κ3) is 5.71. The highest BCUT2D eigenvalue weighted by Crippen LogP contribution is 2.30. The number of carbonyl (C=O) groups is 1. The number of amides is 1. The van der Waals surface area contributed by atoms with E-state index in [4.69, 9.17) is 0 Å². The number of thiazole rings is 1. The van der Waals surface area contributed by atoms with E-state index in [2.05, 4.69) is 26.2 Å². The van der Waals surface area contributed by atoms with Gasteiger partial charge in [-0.1, -0.05) is 51.2 Å². The van der Waals surface area contributed by atoms with E-state index in [1.165, 1.54) is 11.3 Å². The summed E-state index contributed by atoms with van der Waals surface area (Å²) < 4.78 is 29.5. The summed E-state index contributed by atoms with van der Waals surface area (Å²) in [6.45, 7) is 8.97. The maximum absolute atomic E-state index is 13.3. The third-order valence-corrected chi connectivity index (χ3v) is 7.93. The maximum Gasteiger partial charge on any atom is 0.258 e. The molecule has 6 nitrogen and oxygen atoms in total. The first kappa shape index (κ1) is 23.8. The van der Waals surface area contributed by atoms with Crippen molar-refractivity contribution in [2.75, 3.05) is 18.4 Å². The van der Waals surface area contributed by atoms with Crippen LogP contribution in [0, 0.1) is 11.8 Å². The number of sulfonamides is 1. The van der Waals surface area contributed by atoms with Crippen LogP contribution in [0.3, 0.4) is 0 Å². The van der Waals surface area contributed by atoms with Gasteiger partial charge in [0.05, 0.1) is 20.7 Å². The van der Waals surface area contributed by atoms with Crippen LogP contribution < -0.4 is 5.32 Å². The van der Waals surface area contributed by atoms with Crippen molar-refractivity contribution in [1.29, 1.82) is 0 Å². The minimum atomic E-state index is -3.63. The van der Waals surface area contributed by atoms with Crippen LogP contribution in [-0.2, 0) is 10.0 Å². The van der Waals surface area contributed by atoms with Gasteiger partial charge in [0.25, 0.3) is 5.91 Å². The minimum absolute atomic E-state index is 0.222. The van der Waals surface area contributed by atoms with Gasteiger partial charge in [0, 0.05) is 17.6 Å². The molecule has 0 fully saturated rings. The molecule has 31 heavy (non-hydrogen) atoms. The first-order valence-corrected chi connectivity index (χ1v) is 13.1. The molecule has 0 bridgehead atoms. The number of fused-ring (bicyclic) bond motifs is 1. The molecule has 1 aromatic heterocycles. The van der Waals surface area contributed by atoms with Crippen LogP contribution in [0.5, 0.6) is 0 Å². The largest absolute Gasteiger partial charge is 0.298 e. The molecule has 166 valence electrons. The minimum Gasteiger partial charge on any atom is -0.298 e. The van der Waals surface area contributed by atoms with Gasteiger partial charge >= 0.3 is 0 Å². The van der Waals surface area contributed by atoms with Gasteiger partial charge in [-0.3, -0.25) is 10.1 Å². The van der Waals surface area contributed by atoms with E-state index in [1.54, 1.807) is 40.7 Å². The Kier molecular flexibility index (Phi) is 7.51. The molecule has 0 aliphatic rings. The molecule has 0 unspecified atom stereocenters. The average molecular weight is 525 g/mol. The monoisotopic (exact) mass is 523 g/mol. The molecule has 1 heterocycles. The van der Waals surface area contributed by atoms with E-state index < -0.39 is 10.0 Å². The number of nitrogens with one attached hydrogen (secondary N) is 1. The quantitative estimate of drug-likeness (QED) is 0.415. The van der Waals surface area contributed by atoms with Crippen LogP contribution in [0.25, 0.3) is 10.2 Å². The standard InChI is InChI=1S/C22H26BrN3O3S2/c1-14(2)12-26(13-15(3)4)31(28,29)16-9-10-19-20(11-16)30-22(24-19)25-21(27)17-7-5-6-8-18(17)23/h5-11,14-15H,12-13H2,1-4H3,(H,24,25,27). The molecule has 1 amide bonds. The second-order valence-corrected chi connectivity index (χ2v) is 12.0. The van der Waals surface area contributed by atoms with Gasteiger partial charge in [-0.15, -0.1) is 0 Å². The summed E-state index contributed by atoms with van der Waals surface area (Å²) in [6, 6.07) is 12.1. The Morgan fingerprint density at radius 3 is 2.35 bits per heavy atom. The molecular formula is C22H26BrN3O3S2. The molecule has 1 N–H and O–H groups in total. The normalized spacial score (nSPS) is 12.3. The second-order valence-electron chi connectivity index (χ2n) is 8.19. The summed E-state index contributed by atoms with van der Waals surface area (Å²) in [4.78, 5) is 17.2. The lowest BCUT2D eigenvalue weighted by molar-refractivity contribution is 0.102. The van der Waals surface area contributed by atoms with Crippen molar-refractivity contribution in [1.82, 2.24) is 9.29 Å². The van der Waals surface area contributed by atoms with Gasteiger partial charge in [0.15, 0.2) is 5.13 Å². The van der Waals surface area contributed by atoms with Crippen molar-refractivity contribution in [3.8, 4) is 0 Å². The number of benzene rings is 2. The number of anilines is 1. The van der Waals surface area contributed by atoms with E-state index >= 15 is 0 Å². The topological polar surface area (TPSA) is 79.4 Å². The molecule has 2 aromatic carbocycles. The molecule has 0 saturated heterocycles. The number of hydrogen-bond acceptors (Lipinski definition) is 5. The molecule has 0 aliphatic heterocycles. The van der Waals surface area contributed by atoms with Gasteiger partial charge < -0.3 is 0 Å². The van der Waals surface area contributed by atoms with Crippen molar-refractivity contribution < 1.29 is 13.2 Å². The summed E-state index contributed by atoms with van der Waals surface area (Å²) in [5.41, 5.74) is 1.15. The van der Waals surface area contributed by atoms with Gasteiger partial charge in [-0.25, -0.2) is 13.4 Å². The number of aromatic nitrogens is 1. The van der Waals surface area contributed by atoms with Crippen molar-refractivity contribution in [3.05, 3.63) is 52.5 Å². The summed E-state index contributed by atoms with van der Waals surface area (Å²) in [7, 11) is -3.63. The number of hydrogen-bond donors (Lipinski definition) is 1. The Hall–Kier alpha value is -1.81. The lowest BCUT2D eigenvalue weighted by Gasteiger charge is -2.25. The molecule has 0 spiro atoms. The second kappa shape index (κ2) is 9.77. The van der Waals surface area contributed by atoms with Crippen LogP contribution in [0.1, 0.15) is 38.1 Å². The highest BCUT2D eigenvalue weighted by molar-refractivity contribution is 9.10. The fourth-order valence-corrected chi connectivity index (χ4v) is 6.40. The van der Waals surface area contributed by atoms with Crippen molar-refractivity contribution in [3.63, 3.8) is 0 Å². The number of rotatable bonds is 8. The van der Waals surface area contributed by atoms with Crippen LogP contribution >= 0.6 is 27.3 Å². The van der Waals surface area contributed by atoms with E-state index in [1.807, 2.05) is 33.8 Å². The predicted octanol–water partition coefficient (Wildman–Crippen LogP) is 5.61. The fourth-order valence-electron chi connectivity index (χ4n) is 3.16. The molecule has 0 aliphatic carbocycles. The number of halogens is 1. The molecular weight excluding hydrogens is 498 g/mol. The van der Waals surface area contributed by atoms with Crippen LogP contribution in [0.4, 0.5) is 5.13 Å². The van der Waals surface area contributed by atoms with E-state index in [0.717, 1.165) is 0 Å². The number of nitrogens with zero attached hydrogens (tertiary/aromatic N) is 2. The zero-order valence-corrected chi connectivity index (χ0v) is 21.1. The number of carbonyl (C=O) groups excluding carboxylic acids is 1. The first-order valence-electron chi connectivity index (χ1n) is 10.0.